The van der Waals surface area contributed by atoms with E-state index in [9.17, 15) is 9.59 Å². The van der Waals surface area contributed by atoms with Crippen molar-refractivity contribution in [1.29, 1.82) is 0 Å². The topological polar surface area (TPSA) is 71.5 Å². The van der Waals surface area contributed by atoms with Gasteiger partial charge < -0.3 is 10.1 Å². The van der Waals surface area contributed by atoms with Crippen molar-refractivity contribution in [3.05, 3.63) is 89.2 Å². The average molecular weight is 387 g/mol. The number of rotatable bonds is 5. The number of carbonyl (C=O) groups is 2. The van der Waals surface area contributed by atoms with Crippen molar-refractivity contribution in [1.82, 2.24) is 4.98 Å². The minimum atomic E-state index is -0.487. The Balaban J connectivity index is 1.71. The molecular weight excluding hydrogens is 366 g/mol. The van der Waals surface area contributed by atoms with Gasteiger partial charge in [-0.15, -0.1) is 0 Å². The zero-order valence-corrected chi connectivity index (χ0v) is 16.3. The molecule has 0 saturated heterocycles. The van der Waals surface area contributed by atoms with Gasteiger partial charge in [0, 0.05) is 17.6 Å². The molecule has 6 nitrogen and oxygen atoms in total. The van der Waals surface area contributed by atoms with Crippen LogP contribution in [0.4, 0.5) is 11.4 Å². The highest BCUT2D eigenvalue weighted by Gasteiger charge is 2.39. The van der Waals surface area contributed by atoms with Crippen molar-refractivity contribution < 1.29 is 14.3 Å². The van der Waals surface area contributed by atoms with Crippen LogP contribution in [0.1, 0.15) is 45.1 Å². The first kappa shape index (κ1) is 18.7. The monoisotopic (exact) mass is 387 g/mol. The maximum Gasteiger partial charge on any atom is 0.338 e. The van der Waals surface area contributed by atoms with E-state index in [0.717, 1.165) is 11.3 Å². The van der Waals surface area contributed by atoms with Crippen LogP contribution in [0, 0.1) is 6.92 Å². The maximum absolute atomic E-state index is 13.1. The van der Waals surface area contributed by atoms with Crippen molar-refractivity contribution in [2.75, 3.05) is 16.8 Å². The highest BCUT2D eigenvalue weighted by Crippen LogP contribution is 2.37. The fourth-order valence-electron chi connectivity index (χ4n) is 3.40. The summed E-state index contributed by atoms with van der Waals surface area (Å²) in [5.74, 6) is -0.497. The summed E-state index contributed by atoms with van der Waals surface area (Å²) in [4.78, 5) is 31.3. The number of carbonyl (C=O) groups excluding carboxylic acids is 2. The van der Waals surface area contributed by atoms with E-state index in [1.165, 1.54) is 0 Å². The standard InChI is InChI=1S/C23H21N3O3/c1-3-29-23(28)16-6-4-7-17(14-16)25-21-20-19(8-5-13-24-20)22(27)26(21)18-11-9-15(2)10-12-18/h4-14,21,25H,3H2,1-2H3/t21-/m0/s1. The van der Waals surface area contributed by atoms with E-state index in [2.05, 4.69) is 10.3 Å². The van der Waals surface area contributed by atoms with Crippen molar-refractivity contribution in [2.24, 2.45) is 0 Å². The first-order chi connectivity index (χ1) is 14.1. The molecule has 29 heavy (non-hydrogen) atoms. The number of amides is 1. The second-order valence-corrected chi connectivity index (χ2v) is 6.80. The number of fused-ring (bicyclic) bond motifs is 1. The van der Waals surface area contributed by atoms with E-state index < -0.39 is 6.17 Å². The van der Waals surface area contributed by atoms with Crippen LogP contribution in [0.5, 0.6) is 0 Å². The predicted octanol–water partition coefficient (Wildman–Crippen LogP) is 4.34. The van der Waals surface area contributed by atoms with E-state index in [-0.39, 0.29) is 11.9 Å². The number of benzene rings is 2. The minimum Gasteiger partial charge on any atom is -0.462 e. The quantitative estimate of drug-likeness (QED) is 0.660. The smallest absolute Gasteiger partial charge is 0.338 e. The second-order valence-electron chi connectivity index (χ2n) is 6.80. The third kappa shape index (κ3) is 3.57. The summed E-state index contributed by atoms with van der Waals surface area (Å²) in [6.45, 7) is 4.08. The van der Waals surface area contributed by atoms with Crippen molar-refractivity contribution >= 4 is 23.3 Å². The first-order valence-corrected chi connectivity index (χ1v) is 9.47. The van der Waals surface area contributed by atoms with Crippen molar-refractivity contribution in [3.8, 4) is 0 Å². The molecule has 1 atom stereocenters. The third-order valence-electron chi connectivity index (χ3n) is 4.79. The maximum atomic E-state index is 13.1. The number of hydrogen-bond donors (Lipinski definition) is 1. The Kier molecular flexibility index (Phi) is 4.99. The molecule has 0 bridgehead atoms. The number of nitrogens with zero attached hydrogens (tertiary/aromatic N) is 2. The molecule has 0 unspecified atom stereocenters. The molecule has 2 heterocycles. The number of esters is 1. The number of pyridine rings is 1. The van der Waals surface area contributed by atoms with Gasteiger partial charge in [0.2, 0.25) is 0 Å². The summed E-state index contributed by atoms with van der Waals surface area (Å²) >= 11 is 0. The lowest BCUT2D eigenvalue weighted by molar-refractivity contribution is 0.0526. The van der Waals surface area contributed by atoms with Gasteiger partial charge in [-0.1, -0.05) is 23.8 Å². The molecule has 1 aliphatic rings. The minimum absolute atomic E-state index is 0.115. The highest BCUT2D eigenvalue weighted by atomic mass is 16.5. The van der Waals surface area contributed by atoms with E-state index >= 15 is 0 Å². The largest absolute Gasteiger partial charge is 0.462 e. The average Bonchev–Trinajstić information content (AvgIpc) is 3.01. The van der Waals surface area contributed by atoms with Gasteiger partial charge in [0.25, 0.3) is 5.91 Å². The second kappa shape index (κ2) is 7.75. The van der Waals surface area contributed by atoms with Crippen molar-refractivity contribution in [2.45, 2.75) is 20.0 Å². The van der Waals surface area contributed by atoms with E-state index in [0.29, 0.717) is 29.1 Å². The Bertz CT molecular complexity index is 1060. The lowest BCUT2D eigenvalue weighted by Gasteiger charge is -2.26. The normalized spacial score (nSPS) is 15.2. The molecule has 146 valence electrons. The zero-order chi connectivity index (χ0) is 20.4. The molecule has 0 saturated carbocycles. The van der Waals surface area contributed by atoms with Gasteiger partial charge in [-0.05, 0) is 56.3 Å². The van der Waals surface area contributed by atoms with Gasteiger partial charge in [0.15, 0.2) is 6.17 Å². The summed E-state index contributed by atoms with van der Waals surface area (Å²) in [5, 5.41) is 3.36. The van der Waals surface area contributed by atoms with Gasteiger partial charge in [-0.2, -0.15) is 0 Å². The van der Waals surface area contributed by atoms with Gasteiger partial charge in [-0.3, -0.25) is 14.7 Å². The summed E-state index contributed by atoms with van der Waals surface area (Å²) < 4.78 is 5.08. The predicted molar refractivity (Wildman–Crippen MR) is 111 cm³/mol. The number of nitrogens with one attached hydrogen (secondary N) is 1. The highest BCUT2D eigenvalue weighted by molar-refractivity contribution is 6.11. The molecule has 6 heteroatoms. The van der Waals surface area contributed by atoms with Crippen LogP contribution >= 0.6 is 0 Å². The van der Waals surface area contributed by atoms with Crippen LogP contribution in [0.25, 0.3) is 0 Å². The lowest BCUT2D eigenvalue weighted by Crippen LogP contribution is -2.32. The molecular formula is C23H21N3O3. The fourth-order valence-corrected chi connectivity index (χ4v) is 3.40. The number of aryl methyl sites for hydroxylation is 1. The fraction of sp³-hybridized carbons (Fsp3) is 0.174. The zero-order valence-electron chi connectivity index (χ0n) is 16.3. The Labute approximate surface area is 169 Å². The molecule has 1 N–H and O–H groups in total. The van der Waals surface area contributed by atoms with Crippen LogP contribution in [0.15, 0.2) is 66.9 Å². The van der Waals surface area contributed by atoms with Gasteiger partial charge in [0.1, 0.15) is 0 Å². The summed E-state index contributed by atoms with van der Waals surface area (Å²) in [6, 6.07) is 18.4. The van der Waals surface area contributed by atoms with Crippen LogP contribution in [0.2, 0.25) is 0 Å². The number of ether oxygens (including phenoxy) is 1. The molecule has 1 aromatic heterocycles. The molecule has 3 aromatic rings. The number of aromatic nitrogens is 1. The molecule has 2 aromatic carbocycles. The molecule has 1 aliphatic heterocycles. The van der Waals surface area contributed by atoms with Crippen LogP contribution in [0.3, 0.4) is 0 Å². The van der Waals surface area contributed by atoms with Crippen LogP contribution in [-0.2, 0) is 4.74 Å². The SMILES string of the molecule is CCOC(=O)c1cccc(N[C@@H]2c3ncccc3C(=O)N2c2ccc(C)cc2)c1. The Morgan fingerprint density at radius 1 is 1.14 bits per heavy atom. The molecule has 0 fully saturated rings. The third-order valence-corrected chi connectivity index (χ3v) is 4.79. The molecule has 0 aliphatic carbocycles. The van der Waals surface area contributed by atoms with Gasteiger partial charge in [-0.25, -0.2) is 4.79 Å². The molecule has 4 rings (SSSR count). The van der Waals surface area contributed by atoms with Crippen LogP contribution < -0.4 is 10.2 Å². The Morgan fingerprint density at radius 3 is 2.69 bits per heavy atom. The van der Waals surface area contributed by atoms with Gasteiger partial charge in [0.05, 0.1) is 23.4 Å². The molecule has 0 spiro atoms. The summed E-state index contributed by atoms with van der Waals surface area (Å²) in [7, 11) is 0. The van der Waals surface area contributed by atoms with E-state index in [4.69, 9.17) is 4.74 Å². The summed E-state index contributed by atoms with van der Waals surface area (Å²) in [6.07, 6.45) is 1.19. The Morgan fingerprint density at radius 2 is 1.93 bits per heavy atom. The first-order valence-electron chi connectivity index (χ1n) is 9.47. The van der Waals surface area contributed by atoms with Crippen molar-refractivity contribution in [3.63, 3.8) is 0 Å². The Hall–Kier alpha value is -3.67. The molecule has 1 amide bonds. The number of anilines is 2. The number of hydrogen-bond acceptors (Lipinski definition) is 5. The molecule has 0 radical (unpaired) electrons. The van der Waals surface area contributed by atoms with E-state index in [1.54, 1.807) is 48.4 Å². The van der Waals surface area contributed by atoms with E-state index in [1.807, 2.05) is 37.3 Å². The lowest BCUT2D eigenvalue weighted by atomic mass is 10.1. The summed E-state index contributed by atoms with van der Waals surface area (Å²) in [5.41, 5.74) is 4.25. The van der Waals surface area contributed by atoms with Crippen LogP contribution in [-0.4, -0.2) is 23.5 Å². The van der Waals surface area contributed by atoms with Gasteiger partial charge >= 0.3 is 5.97 Å².